The van der Waals surface area contributed by atoms with Crippen LogP contribution in [-0.2, 0) is 17.8 Å². The lowest BCUT2D eigenvalue weighted by Crippen LogP contribution is -2.42. The van der Waals surface area contributed by atoms with Crippen molar-refractivity contribution in [1.82, 2.24) is 9.78 Å². The van der Waals surface area contributed by atoms with Gasteiger partial charge in [-0.05, 0) is 37.7 Å². The number of aromatic nitrogens is 2. The first-order valence-electron chi connectivity index (χ1n) is 6.07. The predicted octanol–water partition coefficient (Wildman–Crippen LogP) is 0.885. The highest BCUT2D eigenvalue weighted by Gasteiger charge is 2.50. The Labute approximate surface area is 101 Å². The number of nitrogens with two attached hydrogens (primary N) is 1. The fourth-order valence-corrected chi connectivity index (χ4v) is 2.39. The highest BCUT2D eigenvalue weighted by atomic mass is 16.4. The number of aryl methyl sites for hydroxylation is 1. The molecule has 1 unspecified atom stereocenters. The van der Waals surface area contributed by atoms with Gasteiger partial charge in [0.2, 0.25) is 0 Å². The van der Waals surface area contributed by atoms with Gasteiger partial charge >= 0.3 is 5.97 Å². The van der Waals surface area contributed by atoms with Gasteiger partial charge in [0.15, 0.2) is 0 Å². The fraction of sp³-hybridized carbons (Fsp3) is 0.667. The lowest BCUT2D eigenvalue weighted by atomic mass is 9.77. The number of hydrogen-bond acceptors (Lipinski definition) is 3. The Bertz CT molecular complexity index is 412. The second-order valence-electron chi connectivity index (χ2n) is 4.82. The molecule has 94 valence electrons. The first kappa shape index (κ1) is 12.1. The molecule has 1 aromatic rings. The first-order valence-corrected chi connectivity index (χ1v) is 6.07. The van der Waals surface area contributed by atoms with E-state index in [9.17, 15) is 9.90 Å². The van der Waals surface area contributed by atoms with Crippen LogP contribution in [0.4, 0.5) is 0 Å². The molecule has 0 spiro atoms. The molecule has 17 heavy (non-hydrogen) atoms. The Morgan fingerprint density at radius 3 is 2.82 bits per heavy atom. The van der Waals surface area contributed by atoms with Crippen molar-refractivity contribution in [3.05, 3.63) is 18.0 Å². The maximum absolute atomic E-state index is 11.5. The molecule has 0 aliphatic heterocycles. The first-order chi connectivity index (χ1) is 8.12. The summed E-state index contributed by atoms with van der Waals surface area (Å²) in [6, 6.07) is 0. The smallest absolute Gasteiger partial charge is 0.311 e. The minimum absolute atomic E-state index is 0.199. The van der Waals surface area contributed by atoms with Crippen LogP contribution in [-0.4, -0.2) is 27.4 Å². The van der Waals surface area contributed by atoms with Gasteiger partial charge in [-0.2, -0.15) is 5.10 Å². The average Bonchev–Trinajstić information content (AvgIpc) is 3.06. The summed E-state index contributed by atoms with van der Waals surface area (Å²) >= 11 is 0. The molecule has 5 heteroatoms. The van der Waals surface area contributed by atoms with Gasteiger partial charge in [0.25, 0.3) is 0 Å². The number of hydrogen-bond donors (Lipinski definition) is 2. The van der Waals surface area contributed by atoms with Crippen LogP contribution >= 0.6 is 0 Å². The minimum atomic E-state index is -0.790. The maximum atomic E-state index is 11.5. The van der Waals surface area contributed by atoms with Crippen LogP contribution in [0.25, 0.3) is 0 Å². The van der Waals surface area contributed by atoms with E-state index in [2.05, 4.69) is 5.10 Å². The van der Waals surface area contributed by atoms with Crippen LogP contribution in [0.5, 0.6) is 0 Å². The van der Waals surface area contributed by atoms with Crippen molar-refractivity contribution in [1.29, 1.82) is 0 Å². The number of carboxylic acid groups (broad SMARTS) is 1. The molecular weight excluding hydrogens is 218 g/mol. The Hall–Kier alpha value is -1.36. The molecule has 0 amide bonds. The molecule has 1 aromatic heterocycles. The summed E-state index contributed by atoms with van der Waals surface area (Å²) in [5.41, 5.74) is 5.90. The molecule has 0 aromatic carbocycles. The molecule has 1 saturated carbocycles. The summed E-state index contributed by atoms with van der Waals surface area (Å²) in [5.74, 6) is -0.540. The van der Waals surface area contributed by atoms with Crippen molar-refractivity contribution in [2.45, 2.75) is 32.7 Å². The zero-order chi connectivity index (χ0) is 12.5. The van der Waals surface area contributed by atoms with Gasteiger partial charge in [0.05, 0.1) is 11.6 Å². The van der Waals surface area contributed by atoms with Crippen LogP contribution in [0.1, 0.15) is 25.3 Å². The second kappa shape index (κ2) is 4.49. The van der Waals surface area contributed by atoms with E-state index >= 15 is 0 Å². The molecule has 0 bridgehead atoms. The van der Waals surface area contributed by atoms with Crippen molar-refractivity contribution in [2.24, 2.45) is 17.1 Å². The van der Waals surface area contributed by atoms with Gasteiger partial charge in [0, 0.05) is 19.3 Å². The summed E-state index contributed by atoms with van der Waals surface area (Å²) in [7, 11) is 0. The lowest BCUT2D eigenvalue weighted by molar-refractivity contribution is -0.149. The van der Waals surface area contributed by atoms with Gasteiger partial charge in [-0.25, -0.2) is 0 Å². The van der Waals surface area contributed by atoms with E-state index in [1.165, 1.54) is 0 Å². The standard InChI is InChI=1S/C12H19N3O2/c1-2-15-7-9(6-14-15)5-12(8-13,11(16)17)10-3-4-10/h6-7,10H,2-5,8,13H2,1H3,(H,16,17). The molecule has 5 nitrogen and oxygen atoms in total. The van der Waals surface area contributed by atoms with Gasteiger partial charge in [-0.15, -0.1) is 0 Å². The van der Waals surface area contributed by atoms with Crippen LogP contribution < -0.4 is 5.73 Å². The van der Waals surface area contributed by atoms with Gasteiger partial charge in [-0.3, -0.25) is 9.48 Å². The minimum Gasteiger partial charge on any atom is -0.481 e. The largest absolute Gasteiger partial charge is 0.481 e. The number of nitrogens with zero attached hydrogens (tertiary/aromatic N) is 2. The van der Waals surface area contributed by atoms with Crippen LogP contribution in [0.3, 0.4) is 0 Å². The van der Waals surface area contributed by atoms with Crippen molar-refractivity contribution < 1.29 is 9.90 Å². The molecule has 0 saturated heterocycles. The Morgan fingerprint density at radius 2 is 2.41 bits per heavy atom. The van der Waals surface area contributed by atoms with E-state index in [1.807, 2.05) is 17.8 Å². The maximum Gasteiger partial charge on any atom is 0.311 e. The normalized spacial score (nSPS) is 18.9. The molecule has 1 aliphatic carbocycles. The van der Waals surface area contributed by atoms with Crippen molar-refractivity contribution >= 4 is 5.97 Å². The molecule has 0 radical (unpaired) electrons. The number of carbonyl (C=O) groups is 1. The summed E-state index contributed by atoms with van der Waals surface area (Å²) in [6.45, 7) is 3.00. The fourth-order valence-electron chi connectivity index (χ4n) is 2.39. The van der Waals surface area contributed by atoms with Crippen molar-refractivity contribution in [2.75, 3.05) is 6.54 Å². The van der Waals surface area contributed by atoms with E-state index in [-0.39, 0.29) is 12.5 Å². The number of rotatable bonds is 6. The molecule has 1 aliphatic rings. The quantitative estimate of drug-likeness (QED) is 0.769. The Balaban J connectivity index is 2.19. The average molecular weight is 237 g/mol. The Kier molecular flexibility index (Phi) is 3.19. The van der Waals surface area contributed by atoms with Crippen molar-refractivity contribution in [3.8, 4) is 0 Å². The molecule has 2 rings (SSSR count). The third kappa shape index (κ3) is 2.20. The highest BCUT2D eigenvalue weighted by molar-refractivity contribution is 5.76. The second-order valence-corrected chi connectivity index (χ2v) is 4.82. The molecule has 1 heterocycles. The molecule has 1 fully saturated rings. The van der Waals surface area contributed by atoms with Crippen LogP contribution in [0.2, 0.25) is 0 Å². The summed E-state index contributed by atoms with van der Waals surface area (Å²) in [4.78, 5) is 11.5. The zero-order valence-electron chi connectivity index (χ0n) is 10.1. The summed E-state index contributed by atoms with van der Waals surface area (Å²) in [5, 5.41) is 13.6. The predicted molar refractivity (Wildman–Crippen MR) is 63.5 cm³/mol. The van der Waals surface area contributed by atoms with Crippen LogP contribution in [0, 0.1) is 11.3 Å². The number of carboxylic acids is 1. The summed E-state index contributed by atoms with van der Waals surface area (Å²) < 4.78 is 1.81. The van der Waals surface area contributed by atoms with E-state index in [0.717, 1.165) is 24.9 Å². The van der Waals surface area contributed by atoms with E-state index in [4.69, 9.17) is 5.73 Å². The van der Waals surface area contributed by atoms with E-state index < -0.39 is 11.4 Å². The van der Waals surface area contributed by atoms with E-state index in [0.29, 0.717) is 6.42 Å². The Morgan fingerprint density at radius 1 is 1.71 bits per heavy atom. The van der Waals surface area contributed by atoms with Gasteiger partial charge in [0.1, 0.15) is 0 Å². The van der Waals surface area contributed by atoms with Gasteiger partial charge < -0.3 is 10.8 Å². The third-order valence-electron chi connectivity index (χ3n) is 3.68. The highest BCUT2D eigenvalue weighted by Crippen LogP contribution is 2.47. The van der Waals surface area contributed by atoms with Crippen LogP contribution in [0.15, 0.2) is 12.4 Å². The SMILES string of the molecule is CCn1cc(CC(CN)(C(=O)O)C2CC2)cn1. The number of aliphatic carboxylic acids is 1. The third-order valence-corrected chi connectivity index (χ3v) is 3.68. The molecular formula is C12H19N3O2. The molecule has 1 atom stereocenters. The van der Waals surface area contributed by atoms with Crippen molar-refractivity contribution in [3.63, 3.8) is 0 Å². The van der Waals surface area contributed by atoms with Gasteiger partial charge in [-0.1, -0.05) is 0 Å². The zero-order valence-corrected chi connectivity index (χ0v) is 10.1. The monoisotopic (exact) mass is 237 g/mol. The lowest BCUT2D eigenvalue weighted by Gasteiger charge is -2.27. The molecule has 3 N–H and O–H groups in total. The topological polar surface area (TPSA) is 81.1 Å². The summed E-state index contributed by atoms with van der Waals surface area (Å²) in [6.07, 6.45) is 6.11. The van der Waals surface area contributed by atoms with E-state index in [1.54, 1.807) is 6.20 Å².